The van der Waals surface area contributed by atoms with E-state index in [0.29, 0.717) is 5.69 Å². The number of nitrogens with zero attached hydrogens (tertiary/aromatic N) is 2. The maximum Gasteiger partial charge on any atom is 0.324 e. The standard InChI is InChI=1S/C16H17N3O4/c1-10(2)12-5-3-4-6-13(12)18(16(17)21)14-8-7-11(19(22)23)9-15(14)20/h3-10,20H,1-2H3,(H2,17,21). The fraction of sp³-hybridized carbons (Fsp3) is 0.188. The van der Waals surface area contributed by atoms with Crippen LogP contribution in [0, 0.1) is 10.1 Å². The van der Waals surface area contributed by atoms with E-state index in [2.05, 4.69) is 0 Å². The van der Waals surface area contributed by atoms with Crippen molar-refractivity contribution in [2.24, 2.45) is 5.73 Å². The van der Waals surface area contributed by atoms with E-state index in [1.54, 1.807) is 12.1 Å². The number of non-ortho nitro benzene ring substituents is 1. The Bertz CT molecular complexity index is 759. The number of para-hydroxylation sites is 1. The van der Waals surface area contributed by atoms with Crippen LogP contribution in [0.5, 0.6) is 5.75 Å². The maximum atomic E-state index is 11.9. The zero-order valence-corrected chi connectivity index (χ0v) is 12.8. The molecule has 0 radical (unpaired) electrons. The minimum Gasteiger partial charge on any atom is -0.505 e. The molecule has 0 saturated carbocycles. The molecular formula is C16H17N3O4. The topological polar surface area (TPSA) is 110 Å². The molecule has 23 heavy (non-hydrogen) atoms. The monoisotopic (exact) mass is 315 g/mol. The number of phenols is 1. The zero-order valence-electron chi connectivity index (χ0n) is 12.8. The molecule has 2 aromatic carbocycles. The summed E-state index contributed by atoms with van der Waals surface area (Å²) in [6.07, 6.45) is 0. The van der Waals surface area contributed by atoms with Gasteiger partial charge in [-0.3, -0.25) is 15.0 Å². The molecular weight excluding hydrogens is 298 g/mol. The molecule has 0 spiro atoms. The molecule has 3 N–H and O–H groups in total. The smallest absolute Gasteiger partial charge is 0.324 e. The molecule has 7 heteroatoms. The highest BCUT2D eigenvalue weighted by molar-refractivity contribution is 6.00. The zero-order chi connectivity index (χ0) is 17.1. The van der Waals surface area contributed by atoms with Crippen LogP contribution in [0.2, 0.25) is 0 Å². The summed E-state index contributed by atoms with van der Waals surface area (Å²) < 4.78 is 0. The van der Waals surface area contributed by atoms with Crippen molar-refractivity contribution >= 4 is 23.1 Å². The molecule has 0 atom stereocenters. The summed E-state index contributed by atoms with van der Waals surface area (Å²) in [6, 6.07) is 9.87. The number of amides is 2. The average Bonchev–Trinajstić information content (AvgIpc) is 2.49. The number of anilines is 2. The van der Waals surface area contributed by atoms with Gasteiger partial charge < -0.3 is 10.8 Å². The second-order valence-corrected chi connectivity index (χ2v) is 5.32. The lowest BCUT2D eigenvalue weighted by Gasteiger charge is -2.25. The average molecular weight is 315 g/mol. The maximum absolute atomic E-state index is 11.9. The van der Waals surface area contributed by atoms with Gasteiger partial charge >= 0.3 is 6.03 Å². The number of hydrogen-bond donors (Lipinski definition) is 2. The van der Waals surface area contributed by atoms with E-state index in [9.17, 15) is 20.0 Å². The highest BCUT2D eigenvalue weighted by Crippen LogP contribution is 2.38. The van der Waals surface area contributed by atoms with Gasteiger partial charge in [0.25, 0.3) is 5.69 Å². The Morgan fingerprint density at radius 1 is 1.22 bits per heavy atom. The molecule has 0 unspecified atom stereocenters. The summed E-state index contributed by atoms with van der Waals surface area (Å²) in [5.74, 6) is -0.273. The molecule has 2 amide bonds. The highest BCUT2D eigenvalue weighted by atomic mass is 16.6. The van der Waals surface area contributed by atoms with Crippen molar-refractivity contribution in [3.63, 3.8) is 0 Å². The highest BCUT2D eigenvalue weighted by Gasteiger charge is 2.23. The molecule has 2 rings (SSSR count). The summed E-state index contributed by atoms with van der Waals surface area (Å²) in [7, 11) is 0. The number of phenolic OH excluding ortho intramolecular Hbond substituents is 1. The van der Waals surface area contributed by atoms with E-state index in [0.717, 1.165) is 16.5 Å². The Kier molecular flexibility index (Phi) is 4.49. The first-order chi connectivity index (χ1) is 10.8. The van der Waals surface area contributed by atoms with Crippen molar-refractivity contribution in [3.8, 4) is 5.75 Å². The third kappa shape index (κ3) is 3.23. The fourth-order valence-corrected chi connectivity index (χ4v) is 2.36. The van der Waals surface area contributed by atoms with Crippen molar-refractivity contribution in [1.29, 1.82) is 0 Å². The van der Waals surface area contributed by atoms with Crippen molar-refractivity contribution in [2.45, 2.75) is 19.8 Å². The Morgan fingerprint density at radius 2 is 1.87 bits per heavy atom. The Balaban J connectivity index is 2.61. The number of carbonyl (C=O) groups is 1. The lowest BCUT2D eigenvalue weighted by Crippen LogP contribution is -2.32. The summed E-state index contributed by atoms with van der Waals surface area (Å²) in [6.45, 7) is 3.93. The molecule has 120 valence electrons. The largest absolute Gasteiger partial charge is 0.505 e. The number of hydrogen-bond acceptors (Lipinski definition) is 4. The molecule has 0 aliphatic heterocycles. The number of nitrogens with two attached hydrogens (primary N) is 1. The van der Waals surface area contributed by atoms with Crippen LogP contribution < -0.4 is 10.6 Å². The van der Waals surface area contributed by atoms with Crippen LogP contribution in [0.15, 0.2) is 42.5 Å². The molecule has 7 nitrogen and oxygen atoms in total. The Hall–Kier alpha value is -3.09. The number of nitro benzene ring substituents is 1. The van der Waals surface area contributed by atoms with Crippen LogP contribution in [0.1, 0.15) is 25.3 Å². The predicted octanol–water partition coefficient (Wildman–Crippen LogP) is 3.64. The van der Waals surface area contributed by atoms with Gasteiger partial charge in [-0.15, -0.1) is 0 Å². The lowest BCUT2D eigenvalue weighted by atomic mass is 10.00. The first-order valence-electron chi connectivity index (χ1n) is 6.98. The van der Waals surface area contributed by atoms with E-state index >= 15 is 0 Å². The van der Waals surface area contributed by atoms with Gasteiger partial charge in [-0.25, -0.2) is 4.79 Å². The van der Waals surface area contributed by atoms with Crippen molar-refractivity contribution in [3.05, 3.63) is 58.1 Å². The number of carbonyl (C=O) groups excluding carboxylic acids is 1. The Morgan fingerprint density at radius 3 is 2.39 bits per heavy atom. The van der Waals surface area contributed by atoms with Gasteiger partial charge in [0.15, 0.2) is 0 Å². The summed E-state index contributed by atoms with van der Waals surface area (Å²) >= 11 is 0. The first-order valence-corrected chi connectivity index (χ1v) is 6.98. The lowest BCUT2D eigenvalue weighted by molar-refractivity contribution is -0.384. The predicted molar refractivity (Wildman–Crippen MR) is 87.0 cm³/mol. The third-order valence-electron chi connectivity index (χ3n) is 3.43. The van der Waals surface area contributed by atoms with Crippen LogP contribution >= 0.6 is 0 Å². The minimum absolute atomic E-state index is 0.0937. The van der Waals surface area contributed by atoms with E-state index in [4.69, 9.17) is 5.73 Å². The molecule has 0 saturated heterocycles. The normalized spacial score (nSPS) is 10.6. The van der Waals surface area contributed by atoms with Gasteiger partial charge in [-0.05, 0) is 23.6 Å². The molecule has 0 aliphatic carbocycles. The fourth-order valence-electron chi connectivity index (χ4n) is 2.36. The van der Waals surface area contributed by atoms with Crippen molar-refractivity contribution < 1.29 is 14.8 Å². The minimum atomic E-state index is -0.790. The first kappa shape index (κ1) is 16.3. The molecule has 0 aliphatic rings. The molecule has 0 bridgehead atoms. The number of aromatic hydroxyl groups is 1. The molecule has 2 aromatic rings. The van der Waals surface area contributed by atoms with Crippen LogP contribution in [0.3, 0.4) is 0 Å². The van der Waals surface area contributed by atoms with Gasteiger partial charge in [-0.2, -0.15) is 0 Å². The third-order valence-corrected chi connectivity index (χ3v) is 3.43. The van der Waals surface area contributed by atoms with E-state index < -0.39 is 16.7 Å². The molecule has 0 heterocycles. The Labute approximate surface area is 133 Å². The summed E-state index contributed by atoms with van der Waals surface area (Å²) in [5.41, 5.74) is 6.69. The second kappa shape index (κ2) is 6.35. The SMILES string of the molecule is CC(C)c1ccccc1N(C(N)=O)c1ccc([N+](=O)[O-])cc1O. The van der Waals surface area contributed by atoms with Gasteiger partial charge in [-0.1, -0.05) is 32.0 Å². The number of benzene rings is 2. The van der Waals surface area contributed by atoms with Gasteiger partial charge in [0, 0.05) is 6.07 Å². The van der Waals surface area contributed by atoms with Crippen LogP contribution in [-0.4, -0.2) is 16.1 Å². The van der Waals surface area contributed by atoms with Crippen LogP contribution in [0.25, 0.3) is 0 Å². The van der Waals surface area contributed by atoms with Gasteiger partial charge in [0.2, 0.25) is 0 Å². The summed E-state index contributed by atoms with van der Waals surface area (Å²) in [4.78, 5) is 23.2. The van der Waals surface area contributed by atoms with Crippen molar-refractivity contribution in [2.75, 3.05) is 4.90 Å². The number of rotatable bonds is 4. The molecule has 0 aromatic heterocycles. The number of urea groups is 1. The van der Waals surface area contributed by atoms with Gasteiger partial charge in [0.1, 0.15) is 5.75 Å². The second-order valence-electron chi connectivity index (χ2n) is 5.32. The van der Waals surface area contributed by atoms with Gasteiger partial charge in [0.05, 0.1) is 22.4 Å². The van der Waals surface area contributed by atoms with Crippen LogP contribution in [0.4, 0.5) is 21.9 Å². The van der Waals surface area contributed by atoms with Crippen molar-refractivity contribution in [1.82, 2.24) is 0 Å². The molecule has 0 fully saturated rings. The van der Waals surface area contributed by atoms with E-state index in [1.165, 1.54) is 12.1 Å². The van der Waals surface area contributed by atoms with Crippen LogP contribution in [-0.2, 0) is 0 Å². The van der Waals surface area contributed by atoms with E-state index in [1.807, 2.05) is 26.0 Å². The van der Waals surface area contributed by atoms with E-state index in [-0.39, 0.29) is 17.3 Å². The quantitative estimate of drug-likeness (QED) is 0.663. The summed E-state index contributed by atoms with van der Waals surface area (Å²) in [5, 5.41) is 20.9. The number of primary amides is 1. The number of nitro groups is 1.